The number of esters is 2. The lowest BCUT2D eigenvalue weighted by molar-refractivity contribution is -0.161. The van der Waals surface area contributed by atoms with Crippen molar-refractivity contribution < 1.29 is 37.6 Å². The highest BCUT2D eigenvalue weighted by Crippen LogP contribution is 2.43. The number of carbonyl (C=O) groups is 2. The molecule has 0 spiro atoms. The quantitative estimate of drug-likeness (QED) is 0.0264. The Morgan fingerprint density at radius 1 is 0.435 bits per heavy atom. The van der Waals surface area contributed by atoms with Crippen LogP contribution in [0.4, 0.5) is 0 Å². The van der Waals surface area contributed by atoms with Gasteiger partial charge in [-0.1, -0.05) is 198 Å². The van der Waals surface area contributed by atoms with Gasteiger partial charge in [-0.25, -0.2) is 4.57 Å². The van der Waals surface area contributed by atoms with Crippen LogP contribution in [0.15, 0.2) is 146 Å². The van der Waals surface area contributed by atoms with E-state index in [-0.39, 0.29) is 32.6 Å². The molecule has 0 radical (unpaired) electrons. The molecule has 0 aromatic rings. The molecule has 0 aliphatic carbocycles. The number of nitrogens with two attached hydrogens (primary N) is 1. The molecule has 0 saturated heterocycles. The average Bonchev–Trinajstić information content (AvgIpc) is 3.34. The highest BCUT2D eigenvalue weighted by molar-refractivity contribution is 7.47. The third-order valence-corrected chi connectivity index (χ3v) is 11.2. The zero-order valence-corrected chi connectivity index (χ0v) is 43.9. The van der Waals surface area contributed by atoms with E-state index < -0.39 is 32.5 Å². The minimum atomic E-state index is -4.41. The third kappa shape index (κ3) is 53.1. The number of unbranched alkanes of at least 4 members (excludes halogenated alkanes) is 10. The highest BCUT2D eigenvalue weighted by atomic mass is 31.2. The van der Waals surface area contributed by atoms with Crippen molar-refractivity contribution in [2.75, 3.05) is 26.4 Å². The topological polar surface area (TPSA) is 134 Å². The molecule has 0 aromatic carbocycles. The van der Waals surface area contributed by atoms with Gasteiger partial charge in [0.25, 0.3) is 0 Å². The van der Waals surface area contributed by atoms with Gasteiger partial charge in [0, 0.05) is 19.4 Å². The summed E-state index contributed by atoms with van der Waals surface area (Å²) in [5.74, 6) is -0.903. The largest absolute Gasteiger partial charge is 0.472 e. The molecular formula is C59H94NO8P. The fourth-order valence-electron chi connectivity index (χ4n) is 6.40. The van der Waals surface area contributed by atoms with Gasteiger partial charge in [0.05, 0.1) is 13.2 Å². The smallest absolute Gasteiger partial charge is 0.462 e. The van der Waals surface area contributed by atoms with Gasteiger partial charge in [-0.3, -0.25) is 18.6 Å². The van der Waals surface area contributed by atoms with Gasteiger partial charge < -0.3 is 20.1 Å². The van der Waals surface area contributed by atoms with Crippen LogP contribution in [0.25, 0.3) is 0 Å². The van der Waals surface area contributed by atoms with Crippen LogP contribution in [-0.4, -0.2) is 49.3 Å². The fourth-order valence-corrected chi connectivity index (χ4v) is 7.17. The first-order valence-corrected chi connectivity index (χ1v) is 27.8. The highest BCUT2D eigenvalue weighted by Gasteiger charge is 2.26. The SMILES string of the molecule is CC/C=C\C/C=C\C/C=C\C/C=C\C/C=C\C/C=C\C/C=C\C/C=C\CCCCC(=O)OC(COC(=O)CCCCCCCCCC/C=C\C/C=C\C/C=C\C/C=C\CC)COP(=O)(O)OCCN. The monoisotopic (exact) mass is 976 g/mol. The summed E-state index contributed by atoms with van der Waals surface area (Å²) >= 11 is 0. The molecular weight excluding hydrogens is 882 g/mol. The molecule has 69 heavy (non-hydrogen) atoms. The number of ether oxygens (including phenoxy) is 2. The molecule has 3 N–H and O–H groups in total. The Kier molecular flexibility index (Phi) is 50.1. The maximum atomic E-state index is 12.7. The first kappa shape index (κ1) is 64.9. The maximum absolute atomic E-state index is 12.7. The molecule has 0 amide bonds. The molecule has 10 heteroatoms. The Hall–Kier alpha value is -4.11. The van der Waals surface area contributed by atoms with Crippen LogP contribution in [0.2, 0.25) is 0 Å². The van der Waals surface area contributed by atoms with Gasteiger partial charge >= 0.3 is 19.8 Å². The van der Waals surface area contributed by atoms with E-state index >= 15 is 0 Å². The zero-order chi connectivity index (χ0) is 50.2. The molecule has 388 valence electrons. The summed E-state index contributed by atoms with van der Waals surface area (Å²) in [6.07, 6.45) is 76.0. The summed E-state index contributed by atoms with van der Waals surface area (Å²) in [6, 6.07) is 0. The Balaban J connectivity index is 4.20. The van der Waals surface area contributed by atoms with E-state index in [0.717, 1.165) is 116 Å². The number of hydrogen-bond acceptors (Lipinski definition) is 8. The van der Waals surface area contributed by atoms with Crippen molar-refractivity contribution in [1.29, 1.82) is 0 Å². The average molecular weight is 976 g/mol. The summed E-state index contributed by atoms with van der Waals surface area (Å²) < 4.78 is 32.9. The van der Waals surface area contributed by atoms with Crippen LogP contribution >= 0.6 is 7.82 Å². The fraction of sp³-hybridized carbons (Fsp3) is 0.559. The van der Waals surface area contributed by atoms with Crippen LogP contribution in [0, 0.1) is 0 Å². The molecule has 0 fully saturated rings. The first-order chi connectivity index (χ1) is 33.8. The Morgan fingerprint density at radius 3 is 1.14 bits per heavy atom. The molecule has 0 aliphatic rings. The first-order valence-electron chi connectivity index (χ1n) is 26.3. The van der Waals surface area contributed by atoms with Gasteiger partial charge in [-0.2, -0.15) is 0 Å². The zero-order valence-electron chi connectivity index (χ0n) is 43.0. The summed E-state index contributed by atoms with van der Waals surface area (Å²) in [6.45, 7) is 3.43. The lowest BCUT2D eigenvalue weighted by atomic mass is 10.1. The van der Waals surface area contributed by atoms with E-state index in [0.29, 0.717) is 12.8 Å². The van der Waals surface area contributed by atoms with Crippen LogP contribution in [-0.2, 0) is 32.7 Å². The lowest BCUT2D eigenvalue weighted by Crippen LogP contribution is -2.29. The van der Waals surface area contributed by atoms with E-state index in [1.807, 2.05) is 0 Å². The number of carbonyl (C=O) groups excluding carboxylic acids is 2. The van der Waals surface area contributed by atoms with Gasteiger partial charge in [0.1, 0.15) is 6.61 Å². The molecule has 2 atom stereocenters. The maximum Gasteiger partial charge on any atom is 0.472 e. The predicted molar refractivity (Wildman–Crippen MR) is 293 cm³/mol. The Morgan fingerprint density at radius 2 is 0.754 bits per heavy atom. The standard InChI is InChI=1S/C59H94NO8P/c1-3-5-7-9-11-13-15-17-19-21-23-25-26-27-28-29-30-32-34-36-38-40-42-44-46-48-50-52-59(62)68-57(56-67-69(63,64)66-54-53-60)55-65-58(61)51-49-47-45-43-41-39-37-35-33-31-24-22-20-18-16-14-12-10-8-6-4-2/h5-8,11-14,17-20,23-25,27-28,30-32,36,38,42,44,57H,3-4,9-10,15-16,21-22,26,29,33-35,37,39-41,43,45-56,60H2,1-2H3,(H,63,64)/b7-5-,8-6-,13-11-,14-12-,19-17-,20-18-,25-23-,28-27-,31-24-,32-30-,38-36-,44-42-. The molecule has 9 nitrogen and oxygen atoms in total. The summed E-state index contributed by atoms with van der Waals surface area (Å²) in [4.78, 5) is 35.1. The summed E-state index contributed by atoms with van der Waals surface area (Å²) in [5.41, 5.74) is 5.37. The molecule has 0 aromatic heterocycles. The number of hydrogen-bond donors (Lipinski definition) is 2. The van der Waals surface area contributed by atoms with Crippen molar-refractivity contribution in [3.05, 3.63) is 146 Å². The van der Waals surface area contributed by atoms with Crippen LogP contribution in [0.1, 0.15) is 181 Å². The van der Waals surface area contributed by atoms with E-state index in [4.69, 9.17) is 24.3 Å². The van der Waals surface area contributed by atoms with Gasteiger partial charge in [-0.15, -0.1) is 0 Å². The van der Waals surface area contributed by atoms with Crippen LogP contribution in [0.3, 0.4) is 0 Å². The number of rotatable bonds is 47. The van der Waals surface area contributed by atoms with E-state index in [2.05, 4.69) is 160 Å². The van der Waals surface area contributed by atoms with E-state index in [9.17, 15) is 19.0 Å². The molecule has 2 unspecified atom stereocenters. The molecule has 0 bridgehead atoms. The van der Waals surface area contributed by atoms with Crippen molar-refractivity contribution in [2.45, 2.75) is 187 Å². The third-order valence-electron chi connectivity index (χ3n) is 10.2. The van der Waals surface area contributed by atoms with Crippen molar-refractivity contribution in [3.8, 4) is 0 Å². The van der Waals surface area contributed by atoms with Crippen molar-refractivity contribution in [3.63, 3.8) is 0 Å². The summed E-state index contributed by atoms with van der Waals surface area (Å²) in [7, 11) is -4.41. The lowest BCUT2D eigenvalue weighted by Gasteiger charge is -2.19. The molecule has 0 rings (SSSR count). The molecule has 0 heterocycles. The van der Waals surface area contributed by atoms with Crippen molar-refractivity contribution in [2.24, 2.45) is 5.73 Å². The second-order valence-corrected chi connectivity index (χ2v) is 18.1. The van der Waals surface area contributed by atoms with Gasteiger partial charge in [0.15, 0.2) is 6.10 Å². The van der Waals surface area contributed by atoms with Crippen molar-refractivity contribution >= 4 is 19.8 Å². The van der Waals surface area contributed by atoms with E-state index in [1.165, 1.54) is 25.7 Å². The van der Waals surface area contributed by atoms with Gasteiger partial charge in [0.2, 0.25) is 0 Å². The molecule has 0 saturated carbocycles. The minimum absolute atomic E-state index is 0.0359. The predicted octanol–water partition coefficient (Wildman–Crippen LogP) is 16.4. The minimum Gasteiger partial charge on any atom is -0.462 e. The summed E-state index contributed by atoms with van der Waals surface area (Å²) in [5, 5.41) is 0. The van der Waals surface area contributed by atoms with Crippen molar-refractivity contribution in [1.82, 2.24) is 0 Å². The second-order valence-electron chi connectivity index (χ2n) is 16.6. The van der Waals surface area contributed by atoms with E-state index in [1.54, 1.807) is 0 Å². The Labute approximate surface area is 420 Å². The van der Waals surface area contributed by atoms with Crippen LogP contribution < -0.4 is 5.73 Å². The van der Waals surface area contributed by atoms with Crippen LogP contribution in [0.5, 0.6) is 0 Å². The number of phosphoric acid groups is 1. The molecule has 0 aliphatic heterocycles. The van der Waals surface area contributed by atoms with Gasteiger partial charge in [-0.05, 0) is 116 Å². The number of phosphoric ester groups is 1. The normalized spacial score (nSPS) is 14.3. The Bertz CT molecular complexity index is 1630. The second kappa shape index (κ2) is 53.2. The number of allylic oxidation sites excluding steroid dienone is 24.